The number of para-hydroxylation sites is 1. The van der Waals surface area contributed by atoms with Crippen LogP contribution in [0.15, 0.2) is 54.9 Å². The maximum atomic E-state index is 11.7. The summed E-state index contributed by atoms with van der Waals surface area (Å²) in [6, 6.07) is 14.7. The van der Waals surface area contributed by atoms with Gasteiger partial charge in [0.1, 0.15) is 12.1 Å². The molecule has 0 bridgehead atoms. The van der Waals surface area contributed by atoms with Crippen molar-refractivity contribution in [1.82, 2.24) is 15.0 Å². The van der Waals surface area contributed by atoms with E-state index < -0.39 is 4.92 Å². The van der Waals surface area contributed by atoms with Crippen LogP contribution in [0, 0.1) is 10.1 Å². The van der Waals surface area contributed by atoms with Gasteiger partial charge in [-0.05, 0) is 43.3 Å². The fraction of sp³-hybridized carbons (Fsp3) is 0.105. The Morgan fingerprint density at radius 2 is 1.79 bits per heavy atom. The Balaban J connectivity index is 1.64. The normalized spacial score (nSPS) is 10.7. The largest absolute Gasteiger partial charge is 0.494 e. The Labute approximate surface area is 169 Å². The number of hydrogen-bond donors (Lipinski definition) is 2. The first-order chi connectivity index (χ1) is 14.1. The summed E-state index contributed by atoms with van der Waals surface area (Å²) in [6.45, 7) is 2.46. The van der Waals surface area contributed by atoms with Crippen LogP contribution in [-0.4, -0.2) is 26.5 Å². The van der Waals surface area contributed by atoms with Gasteiger partial charge in [0, 0.05) is 5.69 Å². The van der Waals surface area contributed by atoms with Crippen molar-refractivity contribution in [2.24, 2.45) is 0 Å². The van der Waals surface area contributed by atoms with E-state index in [0.29, 0.717) is 23.2 Å². The number of nitro groups is 1. The highest BCUT2D eigenvalue weighted by atomic mass is 32.1. The number of anilines is 4. The fourth-order valence-corrected chi connectivity index (χ4v) is 3.56. The van der Waals surface area contributed by atoms with Crippen molar-refractivity contribution in [3.05, 3.63) is 65.0 Å². The lowest BCUT2D eigenvalue weighted by Gasteiger charge is -2.09. The van der Waals surface area contributed by atoms with Crippen molar-refractivity contribution >= 4 is 49.7 Å². The van der Waals surface area contributed by atoms with Gasteiger partial charge in [-0.2, -0.15) is 0 Å². The third kappa shape index (κ3) is 4.06. The van der Waals surface area contributed by atoms with E-state index in [1.54, 1.807) is 24.3 Å². The third-order valence-corrected chi connectivity index (χ3v) is 4.90. The van der Waals surface area contributed by atoms with Crippen molar-refractivity contribution in [2.75, 3.05) is 17.2 Å². The molecular weight excluding hydrogens is 392 g/mol. The second-order valence-electron chi connectivity index (χ2n) is 5.87. The molecular formula is C19H16N6O3S. The predicted molar refractivity (Wildman–Crippen MR) is 112 cm³/mol. The molecule has 0 radical (unpaired) electrons. The topological polar surface area (TPSA) is 115 Å². The van der Waals surface area contributed by atoms with E-state index in [-0.39, 0.29) is 17.3 Å². The Bertz CT molecular complexity index is 1130. The first-order valence-corrected chi connectivity index (χ1v) is 9.57. The van der Waals surface area contributed by atoms with Crippen molar-refractivity contribution in [1.29, 1.82) is 0 Å². The van der Waals surface area contributed by atoms with Gasteiger partial charge in [-0.3, -0.25) is 10.1 Å². The van der Waals surface area contributed by atoms with E-state index in [1.165, 1.54) is 17.7 Å². The first kappa shape index (κ1) is 18.6. The molecule has 0 aliphatic carbocycles. The highest BCUT2D eigenvalue weighted by Gasteiger charge is 2.24. The summed E-state index contributed by atoms with van der Waals surface area (Å²) >= 11 is 1.39. The van der Waals surface area contributed by atoms with E-state index in [2.05, 4.69) is 25.6 Å². The summed E-state index contributed by atoms with van der Waals surface area (Å²) < 4.78 is 6.38. The van der Waals surface area contributed by atoms with Crippen molar-refractivity contribution in [2.45, 2.75) is 6.92 Å². The average molecular weight is 408 g/mol. The molecule has 29 heavy (non-hydrogen) atoms. The maximum Gasteiger partial charge on any atom is 0.353 e. The molecule has 0 saturated carbocycles. The van der Waals surface area contributed by atoms with Gasteiger partial charge in [0.15, 0.2) is 5.13 Å². The molecule has 4 aromatic rings. The van der Waals surface area contributed by atoms with E-state index >= 15 is 0 Å². The Kier molecular flexibility index (Phi) is 5.16. The molecule has 0 amide bonds. The molecule has 2 aromatic heterocycles. The molecule has 0 atom stereocenters. The lowest BCUT2D eigenvalue weighted by Crippen LogP contribution is -2.05. The van der Waals surface area contributed by atoms with Gasteiger partial charge in [-0.15, -0.1) is 0 Å². The molecule has 0 unspecified atom stereocenters. The second kappa shape index (κ2) is 8.07. The maximum absolute atomic E-state index is 11.7. The fourth-order valence-electron chi connectivity index (χ4n) is 2.70. The number of rotatable bonds is 7. The van der Waals surface area contributed by atoms with Crippen LogP contribution in [0.4, 0.5) is 28.1 Å². The number of fused-ring (bicyclic) bond motifs is 1. The van der Waals surface area contributed by atoms with Gasteiger partial charge in [-0.1, -0.05) is 23.5 Å². The molecule has 0 fully saturated rings. The van der Waals surface area contributed by atoms with Crippen LogP contribution in [0.3, 0.4) is 0 Å². The van der Waals surface area contributed by atoms with E-state index in [0.717, 1.165) is 10.2 Å². The zero-order valence-corrected chi connectivity index (χ0v) is 16.1. The van der Waals surface area contributed by atoms with E-state index in [9.17, 15) is 10.1 Å². The summed E-state index contributed by atoms with van der Waals surface area (Å²) in [5.74, 6) is 0.865. The summed E-state index contributed by atoms with van der Waals surface area (Å²) in [5.41, 5.74) is 1.19. The van der Waals surface area contributed by atoms with Crippen LogP contribution in [0.2, 0.25) is 0 Å². The van der Waals surface area contributed by atoms with Gasteiger partial charge in [0.25, 0.3) is 0 Å². The molecule has 2 aromatic carbocycles. The minimum atomic E-state index is -0.521. The Morgan fingerprint density at radius 3 is 2.48 bits per heavy atom. The van der Waals surface area contributed by atoms with Crippen LogP contribution in [-0.2, 0) is 0 Å². The Hall–Kier alpha value is -3.79. The molecule has 0 spiro atoms. The summed E-state index contributed by atoms with van der Waals surface area (Å²) in [4.78, 5) is 23.8. The van der Waals surface area contributed by atoms with Crippen molar-refractivity contribution in [3.63, 3.8) is 0 Å². The molecule has 0 saturated heterocycles. The van der Waals surface area contributed by atoms with Crippen molar-refractivity contribution in [3.8, 4) is 5.75 Å². The quantitative estimate of drug-likeness (QED) is 0.328. The molecule has 2 heterocycles. The number of nitrogens with one attached hydrogen (secondary N) is 2. The smallest absolute Gasteiger partial charge is 0.353 e. The number of hydrogen-bond acceptors (Lipinski definition) is 9. The lowest BCUT2D eigenvalue weighted by molar-refractivity contribution is -0.383. The average Bonchev–Trinajstić information content (AvgIpc) is 3.12. The molecule has 4 rings (SSSR count). The molecule has 0 aliphatic rings. The first-order valence-electron chi connectivity index (χ1n) is 8.76. The van der Waals surface area contributed by atoms with Crippen LogP contribution in [0.5, 0.6) is 5.75 Å². The van der Waals surface area contributed by atoms with Crippen LogP contribution >= 0.6 is 11.3 Å². The molecule has 2 N–H and O–H groups in total. The molecule has 146 valence electrons. The minimum absolute atomic E-state index is 0.0671. The van der Waals surface area contributed by atoms with E-state index in [1.807, 2.05) is 31.2 Å². The monoisotopic (exact) mass is 408 g/mol. The lowest BCUT2D eigenvalue weighted by atomic mass is 10.3. The third-order valence-electron chi connectivity index (χ3n) is 3.95. The summed E-state index contributed by atoms with van der Waals surface area (Å²) in [5, 5.41) is 18.2. The number of nitrogens with zero attached hydrogens (tertiary/aromatic N) is 4. The van der Waals surface area contributed by atoms with Gasteiger partial charge in [0.05, 0.1) is 21.7 Å². The Morgan fingerprint density at radius 1 is 1.07 bits per heavy atom. The number of thiazole rings is 1. The van der Waals surface area contributed by atoms with Gasteiger partial charge in [0.2, 0.25) is 11.6 Å². The van der Waals surface area contributed by atoms with Gasteiger partial charge < -0.3 is 15.4 Å². The molecule has 9 nitrogen and oxygen atoms in total. The summed E-state index contributed by atoms with van der Waals surface area (Å²) in [6.07, 6.45) is 1.26. The van der Waals surface area contributed by atoms with Crippen LogP contribution < -0.4 is 15.4 Å². The van der Waals surface area contributed by atoms with Gasteiger partial charge in [-0.25, -0.2) is 15.0 Å². The SMILES string of the molecule is CCOc1ccc(Nc2ncnc(Nc3nc4ccccc4s3)c2[N+](=O)[O-])cc1. The number of ether oxygens (including phenoxy) is 1. The molecule has 10 heteroatoms. The number of aromatic nitrogens is 3. The molecule has 0 aliphatic heterocycles. The minimum Gasteiger partial charge on any atom is -0.494 e. The summed E-state index contributed by atoms with van der Waals surface area (Å²) in [7, 11) is 0. The van der Waals surface area contributed by atoms with Crippen LogP contribution in [0.1, 0.15) is 6.92 Å². The van der Waals surface area contributed by atoms with Crippen molar-refractivity contribution < 1.29 is 9.66 Å². The predicted octanol–water partition coefficient (Wildman–Crippen LogP) is 4.88. The zero-order chi connectivity index (χ0) is 20.2. The number of benzene rings is 2. The highest BCUT2D eigenvalue weighted by molar-refractivity contribution is 7.22. The zero-order valence-electron chi connectivity index (χ0n) is 15.3. The van der Waals surface area contributed by atoms with E-state index in [4.69, 9.17) is 4.74 Å². The van der Waals surface area contributed by atoms with Crippen LogP contribution in [0.25, 0.3) is 10.2 Å². The van der Waals surface area contributed by atoms with Gasteiger partial charge >= 0.3 is 5.69 Å². The second-order valence-corrected chi connectivity index (χ2v) is 6.90. The highest BCUT2D eigenvalue weighted by Crippen LogP contribution is 2.35. The standard InChI is InChI=1S/C19H16N6O3S/c1-2-28-13-9-7-12(8-10-13)22-17-16(25(26)27)18(21-11-20-17)24-19-23-14-5-3-4-6-15(14)29-19/h3-11H,2H2,1H3,(H2,20,21,22,23,24).